The van der Waals surface area contributed by atoms with Crippen LogP contribution in [0.2, 0.25) is 0 Å². The minimum atomic E-state index is -3.56. The fourth-order valence-electron chi connectivity index (χ4n) is 1.81. The maximum atomic E-state index is 12.2. The molecule has 0 aromatic heterocycles. The number of benzene rings is 2. The molecule has 0 radical (unpaired) electrons. The first-order valence-electron chi connectivity index (χ1n) is 6.70. The summed E-state index contributed by atoms with van der Waals surface area (Å²) in [5.74, 6) is -0.240. The van der Waals surface area contributed by atoms with Crippen molar-refractivity contribution in [1.29, 1.82) is 0 Å². The zero-order chi connectivity index (χ0) is 16.9. The van der Waals surface area contributed by atoms with Crippen LogP contribution in [0.25, 0.3) is 0 Å². The van der Waals surface area contributed by atoms with E-state index in [1.165, 1.54) is 18.2 Å². The fourth-order valence-corrected chi connectivity index (χ4v) is 3.44. The van der Waals surface area contributed by atoms with Gasteiger partial charge >= 0.3 is 0 Å². The second-order valence-corrected chi connectivity index (χ2v) is 7.53. The minimum Gasteiger partial charge on any atom is -0.322 e. The first kappa shape index (κ1) is 17.6. The van der Waals surface area contributed by atoms with Gasteiger partial charge in [-0.25, -0.2) is 13.1 Å². The van der Waals surface area contributed by atoms with Crippen LogP contribution in [0.4, 0.5) is 5.69 Å². The van der Waals surface area contributed by atoms with Crippen molar-refractivity contribution < 1.29 is 13.2 Å². The van der Waals surface area contributed by atoms with E-state index in [0.717, 1.165) is 3.57 Å². The van der Waals surface area contributed by atoms with Gasteiger partial charge in [-0.3, -0.25) is 4.79 Å². The molecule has 0 aliphatic heterocycles. The lowest BCUT2D eigenvalue weighted by molar-refractivity contribution is 0.102. The van der Waals surface area contributed by atoms with E-state index in [1.54, 1.807) is 24.3 Å². The molecule has 0 bridgehead atoms. The van der Waals surface area contributed by atoms with Crippen molar-refractivity contribution >= 4 is 44.2 Å². The molecular formula is C16H15IN2O3S. The Morgan fingerprint density at radius 1 is 1.13 bits per heavy atom. The van der Waals surface area contributed by atoms with Gasteiger partial charge in [-0.2, -0.15) is 0 Å². The topological polar surface area (TPSA) is 75.3 Å². The Kier molecular flexibility index (Phi) is 5.91. The fraction of sp³-hybridized carbons (Fsp3) is 0.0625. The molecule has 0 saturated heterocycles. The Balaban J connectivity index is 2.13. The van der Waals surface area contributed by atoms with Crippen LogP contribution < -0.4 is 10.0 Å². The van der Waals surface area contributed by atoms with Gasteiger partial charge in [0.1, 0.15) is 0 Å². The van der Waals surface area contributed by atoms with Crippen LogP contribution in [0.15, 0.2) is 66.1 Å². The molecule has 0 aliphatic rings. The molecule has 0 heterocycles. The second-order valence-electron chi connectivity index (χ2n) is 4.60. The number of hydrogen-bond donors (Lipinski definition) is 2. The van der Waals surface area contributed by atoms with Crippen LogP contribution >= 0.6 is 22.6 Å². The third-order valence-corrected chi connectivity index (χ3v) is 5.34. The number of carbonyl (C=O) groups is 1. The van der Waals surface area contributed by atoms with Crippen molar-refractivity contribution in [2.24, 2.45) is 0 Å². The summed E-state index contributed by atoms with van der Waals surface area (Å²) in [5, 5.41) is 2.75. The molecule has 0 fully saturated rings. The highest BCUT2D eigenvalue weighted by Gasteiger charge is 2.13. The summed E-state index contributed by atoms with van der Waals surface area (Å²) in [5.41, 5.74) is 1.09. The van der Waals surface area contributed by atoms with Gasteiger partial charge in [-0.05, 0) is 59.0 Å². The maximum Gasteiger partial charge on any atom is 0.256 e. The van der Waals surface area contributed by atoms with E-state index in [9.17, 15) is 13.2 Å². The van der Waals surface area contributed by atoms with Crippen LogP contribution in [-0.4, -0.2) is 20.9 Å². The molecule has 5 nitrogen and oxygen atoms in total. The molecule has 7 heteroatoms. The summed E-state index contributed by atoms with van der Waals surface area (Å²) in [6, 6.07) is 13.2. The maximum absolute atomic E-state index is 12.2. The summed E-state index contributed by atoms with van der Waals surface area (Å²) >= 11 is 2.09. The first-order valence-corrected chi connectivity index (χ1v) is 9.27. The quantitative estimate of drug-likeness (QED) is 0.534. The Morgan fingerprint density at radius 3 is 2.39 bits per heavy atom. The van der Waals surface area contributed by atoms with Crippen molar-refractivity contribution in [3.05, 3.63) is 70.3 Å². The average Bonchev–Trinajstić information content (AvgIpc) is 2.54. The lowest BCUT2D eigenvalue weighted by atomic mass is 10.2. The van der Waals surface area contributed by atoms with Gasteiger partial charge in [0.25, 0.3) is 5.91 Å². The van der Waals surface area contributed by atoms with E-state index in [1.807, 2.05) is 12.1 Å². The van der Waals surface area contributed by atoms with Gasteiger partial charge in [-0.1, -0.05) is 18.2 Å². The molecule has 2 rings (SSSR count). The van der Waals surface area contributed by atoms with E-state index in [-0.39, 0.29) is 17.3 Å². The SMILES string of the molecule is C=CCNS(=O)(=O)c1ccc(NC(=O)c2ccccc2I)cc1. The van der Waals surface area contributed by atoms with Gasteiger partial charge in [0.2, 0.25) is 10.0 Å². The predicted molar refractivity (Wildman–Crippen MR) is 98.9 cm³/mol. The molecule has 0 aliphatic carbocycles. The number of anilines is 1. The highest BCUT2D eigenvalue weighted by atomic mass is 127. The zero-order valence-corrected chi connectivity index (χ0v) is 15.1. The lowest BCUT2D eigenvalue weighted by Crippen LogP contribution is -2.23. The Morgan fingerprint density at radius 2 is 1.78 bits per heavy atom. The monoisotopic (exact) mass is 442 g/mol. The standard InChI is InChI=1S/C16H15IN2O3S/c1-2-11-18-23(21,22)13-9-7-12(8-10-13)19-16(20)14-5-3-4-6-15(14)17/h2-10,18H,1,11H2,(H,19,20). The lowest BCUT2D eigenvalue weighted by Gasteiger charge is -2.08. The van der Waals surface area contributed by atoms with E-state index >= 15 is 0 Å². The molecule has 0 saturated carbocycles. The third-order valence-electron chi connectivity index (χ3n) is 2.96. The van der Waals surface area contributed by atoms with Gasteiger partial charge in [0.05, 0.1) is 10.5 Å². The number of nitrogens with one attached hydrogen (secondary N) is 2. The van der Waals surface area contributed by atoms with Crippen LogP contribution in [-0.2, 0) is 10.0 Å². The first-order chi connectivity index (χ1) is 10.9. The van der Waals surface area contributed by atoms with Crippen LogP contribution in [0.5, 0.6) is 0 Å². The van der Waals surface area contributed by atoms with Gasteiger partial charge in [-0.15, -0.1) is 6.58 Å². The van der Waals surface area contributed by atoms with Crippen LogP contribution in [0.3, 0.4) is 0 Å². The summed E-state index contributed by atoms with van der Waals surface area (Å²) in [6.45, 7) is 3.63. The summed E-state index contributed by atoms with van der Waals surface area (Å²) in [4.78, 5) is 12.3. The molecule has 2 N–H and O–H groups in total. The van der Waals surface area contributed by atoms with Crippen molar-refractivity contribution in [2.75, 3.05) is 11.9 Å². The molecule has 0 spiro atoms. The third kappa shape index (κ3) is 4.63. The summed E-state index contributed by atoms with van der Waals surface area (Å²) in [7, 11) is -3.56. The van der Waals surface area contributed by atoms with E-state index in [4.69, 9.17) is 0 Å². The number of carbonyl (C=O) groups excluding carboxylic acids is 1. The normalized spacial score (nSPS) is 11.0. The van der Waals surface area contributed by atoms with Crippen LogP contribution in [0, 0.1) is 3.57 Å². The van der Waals surface area contributed by atoms with E-state index in [2.05, 4.69) is 39.2 Å². The molecule has 2 aromatic rings. The minimum absolute atomic E-state index is 0.131. The number of hydrogen-bond acceptors (Lipinski definition) is 3. The summed E-state index contributed by atoms with van der Waals surface area (Å²) < 4.78 is 27.1. The highest BCUT2D eigenvalue weighted by molar-refractivity contribution is 14.1. The van der Waals surface area contributed by atoms with Crippen molar-refractivity contribution in [3.63, 3.8) is 0 Å². The number of halogens is 1. The Hall–Kier alpha value is -1.71. The number of sulfonamides is 1. The van der Waals surface area contributed by atoms with Crippen molar-refractivity contribution in [2.45, 2.75) is 4.90 Å². The van der Waals surface area contributed by atoms with Gasteiger partial charge < -0.3 is 5.32 Å². The summed E-state index contributed by atoms with van der Waals surface area (Å²) in [6.07, 6.45) is 1.47. The number of rotatable bonds is 6. The average molecular weight is 442 g/mol. The van der Waals surface area contributed by atoms with Crippen LogP contribution in [0.1, 0.15) is 10.4 Å². The smallest absolute Gasteiger partial charge is 0.256 e. The predicted octanol–water partition coefficient (Wildman–Crippen LogP) is 3.01. The van der Waals surface area contributed by atoms with Crippen molar-refractivity contribution in [1.82, 2.24) is 4.72 Å². The van der Waals surface area contributed by atoms with E-state index in [0.29, 0.717) is 11.3 Å². The molecular weight excluding hydrogens is 427 g/mol. The molecule has 23 heavy (non-hydrogen) atoms. The molecule has 0 atom stereocenters. The zero-order valence-electron chi connectivity index (χ0n) is 12.1. The van der Waals surface area contributed by atoms with Crippen molar-refractivity contribution in [3.8, 4) is 0 Å². The van der Waals surface area contributed by atoms with Gasteiger partial charge in [0.15, 0.2) is 0 Å². The Bertz CT molecular complexity index is 817. The molecule has 1 amide bonds. The second kappa shape index (κ2) is 7.71. The Labute approximate surface area is 149 Å². The number of amides is 1. The largest absolute Gasteiger partial charge is 0.322 e. The molecule has 2 aromatic carbocycles. The van der Waals surface area contributed by atoms with Gasteiger partial charge in [0, 0.05) is 15.8 Å². The highest BCUT2D eigenvalue weighted by Crippen LogP contribution is 2.17. The molecule has 0 unspecified atom stereocenters. The molecule has 120 valence electrons. The van der Waals surface area contributed by atoms with E-state index < -0.39 is 10.0 Å².